The van der Waals surface area contributed by atoms with Gasteiger partial charge in [0.15, 0.2) is 0 Å². The van der Waals surface area contributed by atoms with Gasteiger partial charge in [-0.05, 0) is 41.5 Å². The van der Waals surface area contributed by atoms with Crippen molar-refractivity contribution in [1.29, 1.82) is 0 Å². The molecule has 0 amide bonds. The fourth-order valence-corrected chi connectivity index (χ4v) is 6.00. The maximum atomic E-state index is 6.03. The van der Waals surface area contributed by atoms with Gasteiger partial charge in [0.25, 0.3) is 0 Å². The number of rotatable bonds is 6. The first kappa shape index (κ1) is 18.4. The monoisotopic (exact) mass is 288 g/mol. The predicted octanol–water partition coefficient (Wildman–Crippen LogP) is 4.36. The highest BCUT2D eigenvalue weighted by Crippen LogP contribution is 2.19. The van der Waals surface area contributed by atoms with Crippen LogP contribution in [-0.2, 0) is 9.47 Å². The van der Waals surface area contributed by atoms with Gasteiger partial charge in [0.2, 0.25) is 0 Å². The van der Waals surface area contributed by atoms with Crippen molar-refractivity contribution in [3.63, 3.8) is 0 Å². The third kappa shape index (κ3) is 12.8. The molecule has 0 aliphatic heterocycles. The van der Waals surface area contributed by atoms with Gasteiger partial charge in [-0.15, -0.1) is 0 Å². The Balaban J connectivity index is 4.31. The van der Waals surface area contributed by atoms with Gasteiger partial charge in [-0.25, -0.2) is 0 Å². The van der Waals surface area contributed by atoms with Gasteiger partial charge in [-0.2, -0.15) is 0 Å². The van der Waals surface area contributed by atoms with E-state index in [4.69, 9.17) is 9.47 Å². The molecule has 0 aromatic rings. The molecule has 0 aliphatic rings. The average Bonchev–Trinajstić information content (AvgIpc) is 1.93. The summed E-state index contributed by atoms with van der Waals surface area (Å²) in [5, 5.41) is 0. The van der Waals surface area contributed by atoms with E-state index in [0.29, 0.717) is 0 Å². The highest BCUT2D eigenvalue weighted by molar-refractivity contribution is 6.76. The molecule has 0 aromatic carbocycles. The molecule has 2 nitrogen and oxygen atoms in total. The van der Waals surface area contributed by atoms with E-state index in [-0.39, 0.29) is 17.1 Å². The Morgan fingerprint density at radius 1 is 0.889 bits per heavy atom. The lowest BCUT2D eigenvalue weighted by atomic mass is 10.2. The molecule has 4 heteroatoms. The summed E-state index contributed by atoms with van der Waals surface area (Å²) < 4.78 is 12.1. The standard InChI is InChI=1S/C14H32O2Si2/c1-13(2,3)15-12(16-14(4,5)6)17-10-11-18(7,8)9/h12H,10-11H2,1-9H3. The van der Waals surface area contributed by atoms with E-state index in [2.05, 4.69) is 61.2 Å². The molecule has 0 aliphatic carbocycles. The van der Waals surface area contributed by atoms with Crippen LogP contribution in [0.1, 0.15) is 41.5 Å². The van der Waals surface area contributed by atoms with Crippen molar-refractivity contribution in [2.75, 3.05) is 0 Å². The Morgan fingerprint density at radius 3 is 1.56 bits per heavy atom. The van der Waals surface area contributed by atoms with Crippen molar-refractivity contribution in [2.24, 2.45) is 0 Å². The smallest absolute Gasteiger partial charge is 0.138 e. The second-order valence-corrected chi connectivity index (χ2v) is 15.1. The second kappa shape index (κ2) is 6.68. The van der Waals surface area contributed by atoms with Crippen LogP contribution in [0.15, 0.2) is 0 Å². The zero-order valence-electron chi connectivity index (χ0n) is 13.8. The Hall–Kier alpha value is 0.354. The van der Waals surface area contributed by atoms with Gasteiger partial charge in [0, 0.05) is 8.07 Å². The summed E-state index contributed by atoms with van der Waals surface area (Å²) in [5.41, 5.74) is -0.274. The highest BCUT2D eigenvalue weighted by atomic mass is 28.3. The summed E-state index contributed by atoms with van der Waals surface area (Å²) >= 11 is 0. The van der Waals surface area contributed by atoms with Crippen molar-refractivity contribution in [3.05, 3.63) is 0 Å². The molecule has 108 valence electrons. The highest BCUT2D eigenvalue weighted by Gasteiger charge is 2.25. The van der Waals surface area contributed by atoms with Crippen molar-refractivity contribution in [2.45, 2.75) is 90.4 Å². The normalized spacial score (nSPS) is 14.3. The second-order valence-electron chi connectivity index (χ2n) is 8.06. The van der Waals surface area contributed by atoms with Crippen molar-refractivity contribution < 1.29 is 9.47 Å². The molecule has 0 atom stereocenters. The summed E-state index contributed by atoms with van der Waals surface area (Å²) in [6.45, 7) is 19.8. The lowest BCUT2D eigenvalue weighted by molar-refractivity contribution is -0.193. The van der Waals surface area contributed by atoms with E-state index in [9.17, 15) is 0 Å². The Kier molecular flexibility index (Phi) is 6.81. The van der Waals surface area contributed by atoms with E-state index < -0.39 is 8.07 Å². The third-order valence-electron chi connectivity index (χ3n) is 2.11. The lowest BCUT2D eigenvalue weighted by Crippen LogP contribution is -2.39. The zero-order chi connectivity index (χ0) is 14.6. The maximum absolute atomic E-state index is 6.03. The molecule has 18 heavy (non-hydrogen) atoms. The van der Waals surface area contributed by atoms with Crippen LogP contribution < -0.4 is 0 Å². The van der Waals surface area contributed by atoms with Gasteiger partial charge in [0.05, 0.1) is 11.2 Å². The van der Waals surface area contributed by atoms with Crippen LogP contribution in [0.5, 0.6) is 0 Å². The summed E-state index contributed by atoms with van der Waals surface area (Å²) in [4.78, 5) is 0. The van der Waals surface area contributed by atoms with Crippen LogP contribution in [0, 0.1) is 0 Å². The van der Waals surface area contributed by atoms with Crippen molar-refractivity contribution in [3.8, 4) is 0 Å². The van der Waals surface area contributed by atoms with Gasteiger partial charge >= 0.3 is 0 Å². The first-order valence-corrected chi connectivity index (χ1v) is 11.9. The van der Waals surface area contributed by atoms with Crippen molar-refractivity contribution >= 4 is 17.6 Å². The van der Waals surface area contributed by atoms with E-state index in [1.165, 1.54) is 12.1 Å². The lowest BCUT2D eigenvalue weighted by Gasteiger charge is -2.33. The fraction of sp³-hybridized carbons (Fsp3) is 1.00. The molecule has 0 aromatic heterocycles. The number of hydrogen-bond donors (Lipinski definition) is 0. The quantitative estimate of drug-likeness (QED) is 0.534. The van der Waals surface area contributed by atoms with Crippen molar-refractivity contribution in [1.82, 2.24) is 0 Å². The zero-order valence-corrected chi connectivity index (χ0v) is 15.8. The number of hydrogen-bond acceptors (Lipinski definition) is 2. The SMILES string of the molecule is CC(C)(C)OC(OC(C)(C)C)[Si]CC[Si](C)(C)C. The first-order chi connectivity index (χ1) is 7.79. The summed E-state index contributed by atoms with van der Waals surface area (Å²) in [5.74, 6) is -0.0543. The molecule has 2 radical (unpaired) electrons. The predicted molar refractivity (Wildman–Crippen MR) is 84.2 cm³/mol. The average molecular weight is 289 g/mol. The summed E-state index contributed by atoms with van der Waals surface area (Å²) in [6.07, 6.45) is 0. The van der Waals surface area contributed by atoms with E-state index >= 15 is 0 Å². The van der Waals surface area contributed by atoms with Crippen LogP contribution >= 0.6 is 0 Å². The molecule has 0 saturated carbocycles. The Morgan fingerprint density at radius 2 is 1.28 bits per heavy atom. The molecule has 0 heterocycles. The molecule has 0 unspecified atom stereocenters. The largest absolute Gasteiger partial charge is 0.351 e. The van der Waals surface area contributed by atoms with Gasteiger partial charge < -0.3 is 9.47 Å². The van der Waals surface area contributed by atoms with E-state index in [1.807, 2.05) is 0 Å². The molecule has 0 bridgehead atoms. The van der Waals surface area contributed by atoms with Crippen LogP contribution in [0.3, 0.4) is 0 Å². The minimum Gasteiger partial charge on any atom is -0.351 e. The summed E-state index contributed by atoms with van der Waals surface area (Å²) in [7, 11) is -0.211. The van der Waals surface area contributed by atoms with Gasteiger partial charge in [0.1, 0.15) is 15.4 Å². The molecule has 0 N–H and O–H groups in total. The van der Waals surface area contributed by atoms with Crippen LogP contribution in [0.4, 0.5) is 0 Å². The number of ether oxygens (including phenoxy) is 2. The minimum absolute atomic E-state index is 0.0543. The van der Waals surface area contributed by atoms with E-state index in [1.54, 1.807) is 0 Å². The molecule has 0 spiro atoms. The molecular formula is C14H32O2Si2. The summed E-state index contributed by atoms with van der Waals surface area (Å²) in [6, 6.07) is 2.58. The topological polar surface area (TPSA) is 18.5 Å². The maximum Gasteiger partial charge on any atom is 0.138 e. The molecule has 0 saturated heterocycles. The first-order valence-electron chi connectivity index (χ1n) is 6.88. The molecule has 0 rings (SSSR count). The fourth-order valence-electron chi connectivity index (χ4n) is 1.31. The third-order valence-corrected chi connectivity index (χ3v) is 5.46. The van der Waals surface area contributed by atoms with Gasteiger partial charge in [-0.1, -0.05) is 31.7 Å². The van der Waals surface area contributed by atoms with Crippen LogP contribution in [0.2, 0.25) is 31.7 Å². The van der Waals surface area contributed by atoms with Gasteiger partial charge in [-0.3, -0.25) is 0 Å². The van der Waals surface area contributed by atoms with E-state index in [0.717, 1.165) is 9.52 Å². The molecule has 0 fully saturated rings. The Bertz CT molecular complexity index is 218. The molecular weight excluding hydrogens is 256 g/mol. The minimum atomic E-state index is -0.946. The Labute approximate surface area is 118 Å². The van der Waals surface area contributed by atoms with Crippen LogP contribution in [-0.4, -0.2) is 34.7 Å². The van der Waals surface area contributed by atoms with Crippen LogP contribution in [0.25, 0.3) is 0 Å².